The van der Waals surface area contributed by atoms with E-state index in [1.807, 2.05) is 18.7 Å². The molecule has 0 bridgehead atoms. The van der Waals surface area contributed by atoms with Gasteiger partial charge in [-0.1, -0.05) is 0 Å². The van der Waals surface area contributed by atoms with Gasteiger partial charge in [0.2, 0.25) is 0 Å². The molecule has 2 aromatic rings. The second-order valence-electron chi connectivity index (χ2n) is 3.63. The van der Waals surface area contributed by atoms with E-state index in [0.717, 1.165) is 11.4 Å². The van der Waals surface area contributed by atoms with Gasteiger partial charge in [0, 0.05) is 14.1 Å². The third kappa shape index (κ3) is 1.57. The van der Waals surface area contributed by atoms with E-state index in [1.165, 1.54) is 0 Å². The molecule has 6 nitrogen and oxygen atoms in total. The van der Waals surface area contributed by atoms with E-state index in [0.29, 0.717) is 5.75 Å². The first-order valence-corrected chi connectivity index (χ1v) is 4.92. The van der Waals surface area contributed by atoms with Gasteiger partial charge in [0.1, 0.15) is 5.69 Å². The van der Waals surface area contributed by atoms with Gasteiger partial charge in [-0.25, -0.2) is 4.98 Å². The Labute approximate surface area is 93.6 Å². The number of imidazole rings is 1. The van der Waals surface area contributed by atoms with Crippen molar-refractivity contribution < 1.29 is 4.74 Å². The maximum absolute atomic E-state index is 6.18. The number of aryl methyl sites for hydroxylation is 2. The van der Waals surface area contributed by atoms with E-state index in [4.69, 9.17) is 10.5 Å². The monoisotopic (exact) mass is 221 g/mol. The summed E-state index contributed by atoms with van der Waals surface area (Å²) in [6.07, 6.45) is 5.13. The van der Waals surface area contributed by atoms with Crippen molar-refractivity contribution in [2.24, 2.45) is 19.8 Å². The number of ether oxygens (including phenoxy) is 1. The maximum Gasteiger partial charge on any atom is 0.161 e. The minimum atomic E-state index is -0.296. The lowest BCUT2D eigenvalue weighted by molar-refractivity contribution is 0.405. The molecule has 6 heteroatoms. The van der Waals surface area contributed by atoms with Gasteiger partial charge in [0.15, 0.2) is 5.75 Å². The number of aromatic nitrogens is 4. The van der Waals surface area contributed by atoms with Crippen LogP contribution in [0.2, 0.25) is 0 Å². The van der Waals surface area contributed by atoms with Crippen LogP contribution < -0.4 is 10.5 Å². The van der Waals surface area contributed by atoms with Gasteiger partial charge in [-0.3, -0.25) is 4.68 Å². The first-order chi connectivity index (χ1) is 7.65. The van der Waals surface area contributed by atoms with Crippen molar-refractivity contribution in [1.82, 2.24) is 19.3 Å². The van der Waals surface area contributed by atoms with Crippen molar-refractivity contribution >= 4 is 0 Å². The number of rotatable bonds is 3. The predicted octanol–water partition coefficient (Wildman–Crippen LogP) is 0.210. The molecule has 1 atom stereocenters. The maximum atomic E-state index is 6.18. The minimum Gasteiger partial charge on any atom is -0.493 e. The first kappa shape index (κ1) is 10.7. The molecule has 1 unspecified atom stereocenters. The first-order valence-electron chi connectivity index (χ1n) is 4.92. The molecule has 16 heavy (non-hydrogen) atoms. The van der Waals surface area contributed by atoms with Crippen LogP contribution in [0.25, 0.3) is 0 Å². The van der Waals surface area contributed by atoms with Gasteiger partial charge < -0.3 is 15.0 Å². The second kappa shape index (κ2) is 3.97. The normalized spacial score (nSPS) is 12.8. The number of nitrogens with two attached hydrogens (primary N) is 1. The summed E-state index contributed by atoms with van der Waals surface area (Å²) in [5.41, 5.74) is 7.94. The van der Waals surface area contributed by atoms with Crippen LogP contribution in [0.1, 0.15) is 17.4 Å². The van der Waals surface area contributed by atoms with Crippen LogP contribution >= 0.6 is 0 Å². The number of nitrogens with zero attached hydrogens (tertiary/aromatic N) is 4. The Bertz CT molecular complexity index is 487. The summed E-state index contributed by atoms with van der Waals surface area (Å²) in [5, 5.41) is 4.13. The lowest BCUT2D eigenvalue weighted by Gasteiger charge is -2.14. The lowest BCUT2D eigenvalue weighted by Crippen LogP contribution is -2.19. The fourth-order valence-electron chi connectivity index (χ4n) is 1.75. The topological polar surface area (TPSA) is 70.9 Å². The molecular weight excluding hydrogens is 206 g/mol. The molecule has 0 amide bonds. The molecular formula is C10H15N5O. The third-order valence-electron chi connectivity index (χ3n) is 2.64. The highest BCUT2D eigenvalue weighted by Crippen LogP contribution is 2.26. The molecule has 86 valence electrons. The van der Waals surface area contributed by atoms with Crippen LogP contribution in [-0.4, -0.2) is 26.4 Å². The van der Waals surface area contributed by atoms with Crippen LogP contribution in [-0.2, 0) is 14.1 Å². The second-order valence-corrected chi connectivity index (χ2v) is 3.63. The zero-order valence-electron chi connectivity index (χ0n) is 9.58. The van der Waals surface area contributed by atoms with E-state index >= 15 is 0 Å². The molecule has 2 N–H and O–H groups in total. The van der Waals surface area contributed by atoms with Gasteiger partial charge >= 0.3 is 0 Å². The number of methoxy groups -OCH3 is 1. The van der Waals surface area contributed by atoms with E-state index in [2.05, 4.69) is 10.1 Å². The van der Waals surface area contributed by atoms with Gasteiger partial charge in [-0.15, -0.1) is 0 Å². The quantitative estimate of drug-likeness (QED) is 0.804. The Morgan fingerprint density at radius 2 is 2.12 bits per heavy atom. The third-order valence-corrected chi connectivity index (χ3v) is 2.64. The average molecular weight is 221 g/mol. The Kier molecular flexibility index (Phi) is 2.66. The van der Waals surface area contributed by atoms with Gasteiger partial charge in [-0.05, 0) is 0 Å². The van der Waals surface area contributed by atoms with E-state index in [-0.39, 0.29) is 6.04 Å². The smallest absolute Gasteiger partial charge is 0.161 e. The minimum absolute atomic E-state index is 0.296. The average Bonchev–Trinajstić information content (AvgIpc) is 2.83. The Balaban J connectivity index is 2.44. The molecule has 2 rings (SSSR count). The van der Waals surface area contributed by atoms with Crippen LogP contribution in [0.15, 0.2) is 18.7 Å². The lowest BCUT2D eigenvalue weighted by atomic mass is 10.1. The highest BCUT2D eigenvalue weighted by atomic mass is 16.5. The molecule has 0 aliphatic rings. The van der Waals surface area contributed by atoms with Gasteiger partial charge in [0.25, 0.3) is 0 Å². The van der Waals surface area contributed by atoms with Crippen molar-refractivity contribution in [3.8, 4) is 5.75 Å². The van der Waals surface area contributed by atoms with Crippen molar-refractivity contribution in [1.29, 1.82) is 0 Å². The summed E-state index contributed by atoms with van der Waals surface area (Å²) in [6.45, 7) is 0. The molecule has 0 saturated heterocycles. The summed E-state index contributed by atoms with van der Waals surface area (Å²) >= 11 is 0. The molecule has 0 aliphatic carbocycles. The van der Waals surface area contributed by atoms with Crippen LogP contribution in [0.5, 0.6) is 5.75 Å². The molecule has 0 spiro atoms. The Morgan fingerprint density at radius 3 is 2.69 bits per heavy atom. The largest absolute Gasteiger partial charge is 0.493 e. The highest BCUT2D eigenvalue weighted by molar-refractivity contribution is 5.33. The van der Waals surface area contributed by atoms with E-state index < -0.39 is 0 Å². The number of hydrogen-bond donors (Lipinski definition) is 1. The summed E-state index contributed by atoms with van der Waals surface area (Å²) in [5.74, 6) is 0.691. The summed E-state index contributed by atoms with van der Waals surface area (Å²) in [6, 6.07) is -0.296. The molecule has 2 aromatic heterocycles. The molecule has 0 fully saturated rings. The zero-order valence-corrected chi connectivity index (χ0v) is 9.58. The van der Waals surface area contributed by atoms with E-state index in [1.54, 1.807) is 30.5 Å². The Morgan fingerprint density at radius 1 is 1.38 bits per heavy atom. The van der Waals surface area contributed by atoms with Crippen molar-refractivity contribution in [3.05, 3.63) is 30.1 Å². The van der Waals surface area contributed by atoms with Gasteiger partial charge in [-0.2, -0.15) is 5.10 Å². The number of hydrogen-bond acceptors (Lipinski definition) is 4. The predicted molar refractivity (Wildman–Crippen MR) is 59.0 cm³/mol. The summed E-state index contributed by atoms with van der Waals surface area (Å²) < 4.78 is 8.84. The Hall–Kier alpha value is -1.82. The van der Waals surface area contributed by atoms with Crippen LogP contribution in [0, 0.1) is 0 Å². The fourth-order valence-corrected chi connectivity index (χ4v) is 1.75. The standard InChI is InChI=1S/C10H15N5O/c1-14-6-12-4-7(14)9(11)10-8(16-3)5-13-15(10)2/h4-6,9H,11H2,1-3H3. The van der Waals surface area contributed by atoms with Crippen LogP contribution in [0.4, 0.5) is 0 Å². The molecule has 0 aliphatic heterocycles. The molecule has 0 aromatic carbocycles. The zero-order chi connectivity index (χ0) is 11.7. The molecule has 0 radical (unpaired) electrons. The van der Waals surface area contributed by atoms with Crippen molar-refractivity contribution in [3.63, 3.8) is 0 Å². The summed E-state index contributed by atoms with van der Waals surface area (Å²) in [7, 11) is 5.36. The SMILES string of the molecule is COc1cnn(C)c1C(N)c1cncn1C. The van der Waals surface area contributed by atoms with Crippen LogP contribution in [0.3, 0.4) is 0 Å². The van der Waals surface area contributed by atoms with Crippen molar-refractivity contribution in [2.45, 2.75) is 6.04 Å². The molecule has 2 heterocycles. The van der Waals surface area contributed by atoms with Crippen molar-refractivity contribution in [2.75, 3.05) is 7.11 Å². The van der Waals surface area contributed by atoms with E-state index in [9.17, 15) is 0 Å². The van der Waals surface area contributed by atoms with Gasteiger partial charge in [0.05, 0.1) is 37.6 Å². The fraction of sp³-hybridized carbons (Fsp3) is 0.400. The summed E-state index contributed by atoms with van der Waals surface area (Å²) in [4.78, 5) is 4.05. The highest BCUT2D eigenvalue weighted by Gasteiger charge is 2.20. The molecule has 0 saturated carbocycles.